The van der Waals surface area contributed by atoms with Crippen LogP contribution in [0.4, 0.5) is 4.39 Å². The van der Waals surface area contributed by atoms with Crippen molar-refractivity contribution in [1.29, 1.82) is 0 Å². The minimum atomic E-state index is -0.781. The number of halogens is 1. The lowest BCUT2D eigenvalue weighted by Gasteiger charge is -2.14. The van der Waals surface area contributed by atoms with E-state index in [1.165, 1.54) is 6.07 Å². The Labute approximate surface area is 112 Å². The summed E-state index contributed by atoms with van der Waals surface area (Å²) >= 11 is 0. The summed E-state index contributed by atoms with van der Waals surface area (Å²) in [5.41, 5.74) is 2.54. The zero-order chi connectivity index (χ0) is 14.0. The molecule has 0 aliphatic heterocycles. The molecule has 1 atom stereocenters. The molecular weight excluding hydrogens is 243 g/mol. The summed E-state index contributed by atoms with van der Waals surface area (Å²) in [5, 5.41) is 9.67. The Morgan fingerprint density at radius 3 is 2.32 bits per heavy atom. The van der Waals surface area contributed by atoms with Crippen molar-refractivity contribution in [3.8, 4) is 11.5 Å². The molecule has 0 radical (unpaired) electrons. The molecule has 1 N–H and O–H groups in total. The van der Waals surface area contributed by atoms with Gasteiger partial charge in [0.25, 0.3) is 0 Å². The fraction of sp³-hybridized carbons (Fsp3) is 0.250. The van der Waals surface area contributed by atoms with E-state index < -0.39 is 11.9 Å². The number of aliphatic hydroxyl groups is 1. The molecule has 0 aliphatic carbocycles. The quantitative estimate of drug-likeness (QED) is 0.892. The van der Waals surface area contributed by atoms with Gasteiger partial charge in [-0.2, -0.15) is 0 Å². The summed E-state index contributed by atoms with van der Waals surface area (Å²) in [6, 6.07) is 10.2. The highest BCUT2D eigenvalue weighted by atomic mass is 19.1. The van der Waals surface area contributed by atoms with Crippen LogP contribution in [0.15, 0.2) is 36.4 Å². The van der Waals surface area contributed by atoms with E-state index >= 15 is 0 Å². The van der Waals surface area contributed by atoms with Gasteiger partial charge in [0, 0.05) is 5.56 Å². The summed E-state index contributed by atoms with van der Waals surface area (Å²) in [6.07, 6.45) is -0.781. The molecule has 19 heavy (non-hydrogen) atoms. The van der Waals surface area contributed by atoms with Crippen molar-refractivity contribution in [2.75, 3.05) is 0 Å². The number of aliphatic hydroxyl groups excluding tert-OH is 1. The Morgan fingerprint density at radius 1 is 1.11 bits per heavy atom. The summed E-state index contributed by atoms with van der Waals surface area (Å²) in [7, 11) is 0. The Bertz CT molecular complexity index is 571. The second-order valence-corrected chi connectivity index (χ2v) is 4.76. The molecule has 0 spiro atoms. The van der Waals surface area contributed by atoms with E-state index in [2.05, 4.69) is 0 Å². The van der Waals surface area contributed by atoms with Gasteiger partial charge in [-0.1, -0.05) is 18.2 Å². The van der Waals surface area contributed by atoms with Gasteiger partial charge in [-0.15, -0.1) is 0 Å². The number of ether oxygens (including phenoxy) is 1. The first-order valence-electron chi connectivity index (χ1n) is 6.20. The Kier molecular flexibility index (Phi) is 3.86. The van der Waals surface area contributed by atoms with Crippen LogP contribution in [0.25, 0.3) is 0 Å². The minimum absolute atomic E-state index is 0.0856. The van der Waals surface area contributed by atoms with Crippen molar-refractivity contribution in [2.24, 2.45) is 0 Å². The predicted octanol–water partition coefficient (Wildman–Crippen LogP) is 4.29. The van der Waals surface area contributed by atoms with E-state index in [0.29, 0.717) is 11.3 Å². The highest BCUT2D eigenvalue weighted by Gasteiger charge is 2.14. The maximum atomic E-state index is 13.9. The molecule has 0 fully saturated rings. The number of aryl methyl sites for hydroxylation is 2. The Morgan fingerprint density at radius 2 is 1.74 bits per heavy atom. The van der Waals surface area contributed by atoms with Crippen molar-refractivity contribution in [2.45, 2.75) is 26.9 Å². The molecule has 0 saturated heterocycles. The lowest BCUT2D eigenvalue weighted by molar-refractivity contribution is 0.194. The van der Waals surface area contributed by atoms with Crippen LogP contribution in [-0.4, -0.2) is 5.11 Å². The molecule has 3 heteroatoms. The topological polar surface area (TPSA) is 29.5 Å². The van der Waals surface area contributed by atoms with E-state index in [-0.39, 0.29) is 5.75 Å². The summed E-state index contributed by atoms with van der Waals surface area (Å²) < 4.78 is 19.5. The van der Waals surface area contributed by atoms with Crippen molar-refractivity contribution in [3.05, 3.63) is 58.9 Å². The first kappa shape index (κ1) is 13.6. The minimum Gasteiger partial charge on any atom is -0.454 e. The molecule has 0 bridgehead atoms. The van der Waals surface area contributed by atoms with Crippen LogP contribution in [0.3, 0.4) is 0 Å². The van der Waals surface area contributed by atoms with Crippen LogP contribution in [0, 0.1) is 19.7 Å². The van der Waals surface area contributed by atoms with Crippen LogP contribution in [0.1, 0.15) is 29.7 Å². The first-order valence-corrected chi connectivity index (χ1v) is 6.20. The maximum Gasteiger partial charge on any atom is 0.168 e. The van der Waals surface area contributed by atoms with Gasteiger partial charge in [0.1, 0.15) is 5.75 Å². The van der Waals surface area contributed by atoms with Crippen LogP contribution in [-0.2, 0) is 0 Å². The summed E-state index contributed by atoms with van der Waals surface area (Å²) in [6.45, 7) is 5.50. The SMILES string of the molecule is Cc1cc(C)cc(Oc2c(F)cccc2C(C)O)c1. The molecule has 0 aromatic heterocycles. The third-order valence-electron chi connectivity index (χ3n) is 2.86. The van der Waals surface area contributed by atoms with Gasteiger partial charge < -0.3 is 9.84 Å². The zero-order valence-electron chi connectivity index (χ0n) is 11.3. The molecule has 1 unspecified atom stereocenters. The average molecular weight is 260 g/mol. The largest absolute Gasteiger partial charge is 0.454 e. The highest BCUT2D eigenvalue weighted by molar-refractivity contribution is 5.42. The molecule has 0 amide bonds. The molecule has 0 aliphatic rings. The normalized spacial score (nSPS) is 12.3. The Hall–Kier alpha value is -1.87. The van der Waals surface area contributed by atoms with Gasteiger partial charge in [0.05, 0.1) is 6.10 Å². The van der Waals surface area contributed by atoms with Crippen LogP contribution < -0.4 is 4.74 Å². The lowest BCUT2D eigenvalue weighted by atomic mass is 10.1. The van der Waals surface area contributed by atoms with Crippen molar-refractivity contribution in [1.82, 2.24) is 0 Å². The Balaban J connectivity index is 2.42. The van der Waals surface area contributed by atoms with Crippen LogP contribution in [0.2, 0.25) is 0 Å². The molecule has 2 rings (SSSR count). The van der Waals surface area contributed by atoms with Gasteiger partial charge in [-0.25, -0.2) is 4.39 Å². The first-order chi connectivity index (χ1) is 8.97. The molecule has 0 saturated carbocycles. The third-order valence-corrected chi connectivity index (χ3v) is 2.86. The second kappa shape index (κ2) is 5.41. The van der Waals surface area contributed by atoms with Gasteiger partial charge in [0.2, 0.25) is 0 Å². The second-order valence-electron chi connectivity index (χ2n) is 4.76. The van der Waals surface area contributed by atoms with Gasteiger partial charge in [0.15, 0.2) is 11.6 Å². The summed E-state index contributed by atoms with van der Waals surface area (Å²) in [5.74, 6) is 0.185. The standard InChI is InChI=1S/C16H17FO2/c1-10-7-11(2)9-13(8-10)19-16-14(12(3)18)5-4-6-15(16)17/h4-9,12,18H,1-3H3. The van der Waals surface area contributed by atoms with E-state index in [4.69, 9.17) is 4.74 Å². The molecular formula is C16H17FO2. The number of para-hydroxylation sites is 1. The number of hydrogen-bond donors (Lipinski definition) is 1. The predicted molar refractivity (Wildman–Crippen MR) is 73.0 cm³/mol. The molecule has 2 nitrogen and oxygen atoms in total. The van der Waals surface area contributed by atoms with E-state index in [1.54, 1.807) is 19.1 Å². The van der Waals surface area contributed by atoms with E-state index in [0.717, 1.165) is 11.1 Å². The van der Waals surface area contributed by atoms with E-state index in [9.17, 15) is 9.50 Å². The zero-order valence-corrected chi connectivity index (χ0v) is 11.3. The average Bonchev–Trinajstić information content (AvgIpc) is 2.30. The molecule has 2 aromatic carbocycles. The fourth-order valence-electron chi connectivity index (χ4n) is 2.07. The highest BCUT2D eigenvalue weighted by Crippen LogP contribution is 2.32. The third kappa shape index (κ3) is 3.12. The smallest absolute Gasteiger partial charge is 0.168 e. The van der Waals surface area contributed by atoms with E-state index in [1.807, 2.05) is 32.0 Å². The van der Waals surface area contributed by atoms with Crippen molar-refractivity contribution < 1.29 is 14.2 Å². The van der Waals surface area contributed by atoms with Crippen molar-refractivity contribution in [3.63, 3.8) is 0 Å². The van der Waals surface area contributed by atoms with Crippen molar-refractivity contribution >= 4 is 0 Å². The van der Waals surface area contributed by atoms with Crippen LogP contribution >= 0.6 is 0 Å². The fourth-order valence-corrected chi connectivity index (χ4v) is 2.07. The monoisotopic (exact) mass is 260 g/mol. The molecule has 0 heterocycles. The number of hydrogen-bond acceptors (Lipinski definition) is 2. The van der Waals surface area contributed by atoms with Gasteiger partial charge in [-0.05, 0) is 50.1 Å². The molecule has 100 valence electrons. The number of rotatable bonds is 3. The molecule has 2 aromatic rings. The van der Waals surface area contributed by atoms with Gasteiger partial charge >= 0.3 is 0 Å². The maximum absolute atomic E-state index is 13.9. The lowest BCUT2D eigenvalue weighted by Crippen LogP contribution is -1.99. The summed E-state index contributed by atoms with van der Waals surface area (Å²) in [4.78, 5) is 0. The van der Waals surface area contributed by atoms with Gasteiger partial charge in [-0.3, -0.25) is 0 Å². The number of benzene rings is 2. The van der Waals surface area contributed by atoms with Crippen LogP contribution in [0.5, 0.6) is 11.5 Å².